The Morgan fingerprint density at radius 1 is 0.522 bits per heavy atom. The summed E-state index contributed by atoms with van der Waals surface area (Å²) in [5.41, 5.74) is 13.5. The largest absolute Gasteiger partial charge is 0.255 e. The molecule has 0 amide bonds. The summed E-state index contributed by atoms with van der Waals surface area (Å²) in [6.07, 6.45) is 12.8. The van der Waals surface area contributed by atoms with E-state index in [9.17, 15) is 0 Å². The van der Waals surface area contributed by atoms with Crippen molar-refractivity contribution in [2.24, 2.45) is 22.7 Å². The Hall–Kier alpha value is -4.18. The van der Waals surface area contributed by atoms with Crippen molar-refractivity contribution < 1.29 is 0 Å². The van der Waals surface area contributed by atoms with E-state index < -0.39 is 0 Å². The van der Waals surface area contributed by atoms with Crippen LogP contribution in [-0.4, -0.2) is 19.9 Å². The van der Waals surface area contributed by atoms with E-state index in [0.717, 1.165) is 35.6 Å². The summed E-state index contributed by atoms with van der Waals surface area (Å²) in [6, 6.07) is 26.3. The van der Waals surface area contributed by atoms with Crippen LogP contribution in [0.2, 0.25) is 0 Å². The van der Waals surface area contributed by atoms with Crippen LogP contribution in [0, 0.1) is 22.7 Å². The van der Waals surface area contributed by atoms with E-state index in [4.69, 9.17) is 9.97 Å². The smallest absolute Gasteiger partial charge is 0.0889 e. The average molecular weight is 603 g/mol. The maximum Gasteiger partial charge on any atom is 0.0889 e. The molecule has 11 rings (SSSR count). The number of pyridine rings is 4. The minimum atomic E-state index is 0.295. The van der Waals surface area contributed by atoms with E-state index in [1.165, 1.54) is 46.2 Å². The Labute approximate surface area is 272 Å². The molecule has 2 fully saturated rings. The lowest BCUT2D eigenvalue weighted by molar-refractivity contribution is -0.00721. The summed E-state index contributed by atoms with van der Waals surface area (Å²) < 4.78 is 0. The molecule has 6 aliphatic carbocycles. The van der Waals surface area contributed by atoms with Crippen LogP contribution in [0.5, 0.6) is 0 Å². The van der Waals surface area contributed by atoms with Crippen LogP contribution in [0.3, 0.4) is 0 Å². The second-order valence-electron chi connectivity index (χ2n) is 15.6. The van der Waals surface area contributed by atoms with Gasteiger partial charge in [0.25, 0.3) is 0 Å². The van der Waals surface area contributed by atoms with E-state index >= 15 is 0 Å². The highest BCUT2D eigenvalue weighted by molar-refractivity contribution is 5.59. The van der Waals surface area contributed by atoms with Gasteiger partial charge in [0.2, 0.25) is 0 Å². The van der Waals surface area contributed by atoms with Gasteiger partial charge in [0.15, 0.2) is 0 Å². The molecule has 4 bridgehead atoms. The fourth-order valence-corrected chi connectivity index (χ4v) is 10.2. The zero-order valence-corrected chi connectivity index (χ0v) is 27.3. The van der Waals surface area contributed by atoms with E-state index in [1.807, 2.05) is 24.5 Å². The molecule has 0 saturated heterocycles. The highest BCUT2D eigenvalue weighted by atomic mass is 14.8. The molecule has 46 heavy (non-hydrogen) atoms. The zero-order chi connectivity index (χ0) is 31.2. The summed E-state index contributed by atoms with van der Waals surface area (Å²) in [6.45, 7) is 9.95. The summed E-state index contributed by atoms with van der Waals surface area (Å²) in [7, 11) is 0. The summed E-state index contributed by atoms with van der Waals surface area (Å²) in [5, 5.41) is 0. The number of aromatic nitrogens is 4. The van der Waals surface area contributed by atoms with Gasteiger partial charge in [-0.2, -0.15) is 0 Å². The minimum absolute atomic E-state index is 0.295. The monoisotopic (exact) mass is 602 g/mol. The number of hydrogen-bond acceptors (Lipinski definition) is 4. The van der Waals surface area contributed by atoms with Crippen LogP contribution in [0.4, 0.5) is 0 Å². The quantitative estimate of drug-likeness (QED) is 0.194. The van der Waals surface area contributed by atoms with Crippen LogP contribution < -0.4 is 0 Å². The lowest BCUT2D eigenvalue weighted by Gasteiger charge is -2.61. The highest BCUT2D eigenvalue weighted by Crippen LogP contribution is 2.68. The summed E-state index contributed by atoms with van der Waals surface area (Å²) >= 11 is 0. The normalized spacial score (nSPS) is 27.5. The Kier molecular flexibility index (Phi) is 6.20. The van der Waals surface area contributed by atoms with Crippen molar-refractivity contribution in [3.8, 4) is 22.8 Å². The van der Waals surface area contributed by atoms with Gasteiger partial charge < -0.3 is 0 Å². The van der Waals surface area contributed by atoms with Crippen molar-refractivity contribution in [2.75, 3.05) is 0 Å². The first kappa shape index (κ1) is 28.1. The van der Waals surface area contributed by atoms with E-state index in [1.54, 1.807) is 0 Å². The van der Waals surface area contributed by atoms with Gasteiger partial charge in [-0.3, -0.25) is 19.9 Å². The molecule has 6 aliphatic rings. The lowest BCUT2D eigenvalue weighted by Crippen LogP contribution is -2.51. The summed E-state index contributed by atoms with van der Waals surface area (Å²) in [5.74, 6) is 3.49. The van der Waals surface area contributed by atoms with Gasteiger partial charge in [-0.05, 0) is 142 Å². The molecule has 1 unspecified atom stereocenters. The van der Waals surface area contributed by atoms with Gasteiger partial charge in [0.1, 0.15) is 0 Å². The van der Waals surface area contributed by atoms with Gasteiger partial charge in [-0.1, -0.05) is 64.1 Å². The van der Waals surface area contributed by atoms with Crippen molar-refractivity contribution in [1.82, 2.24) is 19.9 Å². The number of rotatable bonds is 6. The van der Waals surface area contributed by atoms with E-state index in [-0.39, 0.29) is 0 Å². The van der Waals surface area contributed by atoms with Gasteiger partial charge in [0.05, 0.1) is 22.8 Å². The molecule has 2 saturated carbocycles. The molecule has 1 aromatic carbocycles. The molecule has 0 radical (unpaired) electrons. The maximum absolute atomic E-state index is 4.94. The number of nitrogens with zero attached hydrogens (tertiary/aromatic N) is 4. The van der Waals surface area contributed by atoms with Crippen molar-refractivity contribution in [3.63, 3.8) is 0 Å². The molecule has 0 N–H and O–H groups in total. The maximum atomic E-state index is 4.94. The third kappa shape index (κ3) is 4.11. The van der Waals surface area contributed by atoms with Crippen LogP contribution in [0.25, 0.3) is 22.8 Å². The molecule has 0 aliphatic heterocycles. The molecular formula is C42H42N4. The molecule has 4 heterocycles. The fourth-order valence-electron chi connectivity index (χ4n) is 10.2. The van der Waals surface area contributed by atoms with Crippen molar-refractivity contribution >= 4 is 0 Å². The van der Waals surface area contributed by atoms with Gasteiger partial charge >= 0.3 is 0 Å². The second kappa shape index (κ2) is 10.2. The Bertz CT molecular complexity index is 1800. The topological polar surface area (TPSA) is 51.6 Å². The molecular weight excluding hydrogens is 560 g/mol. The fraction of sp³-hybridized carbons (Fsp3) is 0.381. The Balaban J connectivity index is 1.09. The van der Waals surface area contributed by atoms with Crippen LogP contribution in [0.1, 0.15) is 97.6 Å². The standard InChI is InChI=1S/C42H42N4/c1-41(2)33-21-35(41)31-23-45-39(37-13-7-9-15-43-37)19-27(31)29(33)17-25-11-5-6-12-26(25)18-30-28-20-40(38-14-8-10-16-44-38)46-24-32(28)36-22-34(30)42(36,3)4/h5-16,19-20,23-24,29-30,33-36H,17-18,21-22H2,1-4H3/t29-,30?,33-,34+,35+,36-/m0/s1. The SMILES string of the molecule is CC1(C)[C@@H]2C[C@H]1c1cnc(-c3ccccn3)cc1C2Cc1ccccc1C[C@H]1c2cc(-c3ccccn3)ncc2[C@H]2C[C@@H]1C2(C)C. The molecule has 4 heteroatoms. The van der Waals surface area contributed by atoms with Crippen LogP contribution >= 0.6 is 0 Å². The van der Waals surface area contributed by atoms with E-state index in [0.29, 0.717) is 46.3 Å². The van der Waals surface area contributed by atoms with Crippen molar-refractivity contribution in [1.29, 1.82) is 0 Å². The second-order valence-corrected chi connectivity index (χ2v) is 15.6. The highest BCUT2D eigenvalue weighted by Gasteiger charge is 2.58. The van der Waals surface area contributed by atoms with Crippen LogP contribution in [-0.2, 0) is 12.8 Å². The molecule has 0 spiro atoms. The predicted octanol–water partition coefficient (Wildman–Crippen LogP) is 9.54. The number of benzene rings is 1. The minimum Gasteiger partial charge on any atom is -0.255 e. The summed E-state index contributed by atoms with van der Waals surface area (Å²) in [4.78, 5) is 19.2. The Morgan fingerprint density at radius 2 is 0.957 bits per heavy atom. The molecule has 230 valence electrons. The van der Waals surface area contributed by atoms with Crippen LogP contribution in [0.15, 0.2) is 97.6 Å². The Morgan fingerprint density at radius 3 is 1.35 bits per heavy atom. The number of hydrogen-bond donors (Lipinski definition) is 0. The lowest BCUT2D eigenvalue weighted by atomic mass is 9.43. The van der Waals surface area contributed by atoms with Crippen molar-refractivity contribution in [3.05, 3.63) is 131 Å². The third-order valence-electron chi connectivity index (χ3n) is 13.0. The predicted molar refractivity (Wildman–Crippen MR) is 184 cm³/mol. The molecule has 6 atom stereocenters. The van der Waals surface area contributed by atoms with E-state index in [2.05, 4.69) is 111 Å². The third-order valence-corrected chi connectivity index (χ3v) is 13.0. The van der Waals surface area contributed by atoms with Crippen molar-refractivity contribution in [2.45, 2.75) is 77.0 Å². The first-order valence-corrected chi connectivity index (χ1v) is 17.2. The van der Waals surface area contributed by atoms with Gasteiger partial charge in [-0.25, -0.2) is 0 Å². The molecule has 5 aromatic rings. The molecule has 4 aromatic heterocycles. The molecule has 4 nitrogen and oxygen atoms in total. The van der Waals surface area contributed by atoms with Gasteiger partial charge in [-0.15, -0.1) is 0 Å². The first-order chi connectivity index (χ1) is 22.3. The first-order valence-electron chi connectivity index (χ1n) is 17.2. The van der Waals surface area contributed by atoms with Gasteiger partial charge in [0, 0.05) is 24.8 Å². The average Bonchev–Trinajstić information content (AvgIpc) is 3.09. The zero-order valence-electron chi connectivity index (χ0n) is 27.3.